The fourth-order valence-corrected chi connectivity index (χ4v) is 3.05. The molecule has 0 saturated carbocycles. The molecule has 0 spiro atoms. The van der Waals surface area contributed by atoms with Crippen molar-refractivity contribution in [3.63, 3.8) is 0 Å². The van der Waals surface area contributed by atoms with Gasteiger partial charge in [-0.25, -0.2) is 0 Å². The molecule has 1 unspecified atom stereocenters. The number of aryl methyl sites for hydroxylation is 2. The number of nitrogens with zero attached hydrogens (tertiary/aromatic N) is 1. The van der Waals surface area contributed by atoms with Crippen LogP contribution in [-0.4, -0.2) is 18.6 Å². The van der Waals surface area contributed by atoms with Crippen LogP contribution in [0.15, 0.2) is 18.2 Å². The van der Waals surface area contributed by atoms with Crippen molar-refractivity contribution >= 4 is 5.69 Å². The van der Waals surface area contributed by atoms with E-state index in [1.165, 1.54) is 29.7 Å². The van der Waals surface area contributed by atoms with E-state index >= 15 is 0 Å². The zero-order valence-electron chi connectivity index (χ0n) is 12.0. The lowest BCUT2D eigenvalue weighted by molar-refractivity contribution is 0.418. The fourth-order valence-electron chi connectivity index (χ4n) is 3.05. The van der Waals surface area contributed by atoms with Crippen LogP contribution in [0.2, 0.25) is 0 Å². The zero-order valence-corrected chi connectivity index (χ0v) is 12.0. The third-order valence-corrected chi connectivity index (χ3v) is 3.82. The average molecular weight is 246 g/mol. The van der Waals surface area contributed by atoms with Crippen LogP contribution in [0.4, 0.5) is 5.69 Å². The molecular formula is C16H26N2. The van der Waals surface area contributed by atoms with Crippen LogP contribution in [0.25, 0.3) is 0 Å². The molecule has 1 aliphatic rings. The smallest absolute Gasteiger partial charge is 0.0399 e. The third-order valence-electron chi connectivity index (χ3n) is 3.82. The lowest BCUT2D eigenvalue weighted by atomic mass is 9.93. The number of hydrogen-bond acceptors (Lipinski definition) is 2. The Hall–Kier alpha value is -1.02. The summed E-state index contributed by atoms with van der Waals surface area (Å²) >= 11 is 0. The van der Waals surface area contributed by atoms with Crippen molar-refractivity contribution in [2.75, 3.05) is 18.0 Å². The molecule has 2 N–H and O–H groups in total. The number of hydrogen-bond donors (Lipinski definition) is 1. The van der Waals surface area contributed by atoms with Crippen molar-refractivity contribution in [2.24, 2.45) is 5.73 Å². The largest absolute Gasteiger partial charge is 0.369 e. The van der Waals surface area contributed by atoms with Gasteiger partial charge in [-0.05, 0) is 44.7 Å². The molecule has 0 fully saturated rings. The van der Waals surface area contributed by atoms with Gasteiger partial charge in [0.25, 0.3) is 0 Å². The van der Waals surface area contributed by atoms with E-state index in [1.807, 2.05) is 0 Å². The molecule has 18 heavy (non-hydrogen) atoms. The molecule has 0 saturated heterocycles. The summed E-state index contributed by atoms with van der Waals surface area (Å²) in [5.74, 6) is 0. The summed E-state index contributed by atoms with van der Waals surface area (Å²) in [6.45, 7) is 8.67. The minimum Gasteiger partial charge on any atom is -0.369 e. The van der Waals surface area contributed by atoms with Gasteiger partial charge in [0, 0.05) is 24.3 Å². The summed E-state index contributed by atoms with van der Waals surface area (Å²) in [4.78, 5) is 2.48. The summed E-state index contributed by atoms with van der Waals surface area (Å²) in [6, 6.07) is 6.81. The van der Waals surface area contributed by atoms with Gasteiger partial charge in [0.1, 0.15) is 0 Å². The fraction of sp³-hybridized carbons (Fsp3) is 0.625. The number of benzene rings is 1. The van der Waals surface area contributed by atoms with Crippen LogP contribution in [-0.2, 0) is 6.42 Å². The number of fused-ring (bicyclic) bond motifs is 1. The first kappa shape index (κ1) is 13.4. The molecule has 0 amide bonds. The Morgan fingerprint density at radius 2 is 2.17 bits per heavy atom. The minimum absolute atomic E-state index is 0.0752. The summed E-state index contributed by atoms with van der Waals surface area (Å²) in [7, 11) is 0. The van der Waals surface area contributed by atoms with Crippen molar-refractivity contribution < 1.29 is 0 Å². The highest BCUT2D eigenvalue weighted by Gasteiger charge is 2.24. The lowest BCUT2D eigenvalue weighted by Gasteiger charge is -2.37. The highest BCUT2D eigenvalue weighted by molar-refractivity contribution is 5.57. The van der Waals surface area contributed by atoms with Crippen LogP contribution >= 0.6 is 0 Å². The van der Waals surface area contributed by atoms with E-state index in [4.69, 9.17) is 5.73 Å². The predicted octanol–water partition coefficient (Wildman–Crippen LogP) is 3.27. The molecule has 1 aliphatic heterocycles. The monoisotopic (exact) mass is 246 g/mol. The second kappa shape index (κ2) is 5.31. The zero-order chi connectivity index (χ0) is 13.2. The molecule has 2 heteroatoms. The Labute approximate surface area is 111 Å². The van der Waals surface area contributed by atoms with Crippen molar-refractivity contribution in [3.8, 4) is 0 Å². The van der Waals surface area contributed by atoms with E-state index in [9.17, 15) is 0 Å². The second-order valence-corrected chi connectivity index (χ2v) is 6.06. The Kier molecular flexibility index (Phi) is 3.96. The van der Waals surface area contributed by atoms with Gasteiger partial charge in [-0.3, -0.25) is 0 Å². The van der Waals surface area contributed by atoms with Crippen LogP contribution in [0.5, 0.6) is 0 Å². The van der Waals surface area contributed by atoms with Crippen LogP contribution in [0, 0.1) is 6.92 Å². The first-order valence-electron chi connectivity index (χ1n) is 7.15. The topological polar surface area (TPSA) is 29.3 Å². The van der Waals surface area contributed by atoms with Gasteiger partial charge in [0.2, 0.25) is 0 Å². The number of anilines is 1. The Morgan fingerprint density at radius 3 is 2.89 bits per heavy atom. The van der Waals surface area contributed by atoms with E-state index < -0.39 is 0 Å². The van der Waals surface area contributed by atoms with E-state index in [-0.39, 0.29) is 5.54 Å². The van der Waals surface area contributed by atoms with Gasteiger partial charge in [-0.15, -0.1) is 0 Å². The normalized spacial score (nSPS) is 18.3. The summed E-state index contributed by atoms with van der Waals surface area (Å²) < 4.78 is 0. The van der Waals surface area contributed by atoms with Gasteiger partial charge < -0.3 is 10.6 Å². The van der Waals surface area contributed by atoms with E-state index in [2.05, 4.69) is 43.9 Å². The molecule has 0 aromatic heterocycles. The van der Waals surface area contributed by atoms with E-state index in [1.54, 1.807) is 0 Å². The molecule has 2 nitrogen and oxygen atoms in total. The SMILES string of the molecule is CCCC(C)(N)CN1CCCc2cc(C)ccc21. The van der Waals surface area contributed by atoms with Crippen molar-refractivity contribution in [1.29, 1.82) is 0 Å². The Bertz CT molecular complexity index is 410. The standard InChI is InChI=1S/C16H26N2/c1-4-9-16(3,17)12-18-10-5-6-14-11-13(2)7-8-15(14)18/h7-8,11H,4-6,9-10,12,17H2,1-3H3. The highest BCUT2D eigenvalue weighted by Crippen LogP contribution is 2.29. The first-order chi connectivity index (χ1) is 8.52. The number of nitrogens with two attached hydrogens (primary N) is 1. The lowest BCUT2D eigenvalue weighted by Crippen LogP contribution is -2.49. The van der Waals surface area contributed by atoms with Crippen LogP contribution in [0.1, 0.15) is 44.2 Å². The van der Waals surface area contributed by atoms with Crippen molar-refractivity contribution in [1.82, 2.24) is 0 Å². The molecule has 0 bridgehead atoms. The molecule has 0 aliphatic carbocycles. The first-order valence-corrected chi connectivity index (χ1v) is 7.15. The number of rotatable bonds is 4. The maximum absolute atomic E-state index is 6.40. The molecule has 1 heterocycles. The highest BCUT2D eigenvalue weighted by atomic mass is 15.2. The molecule has 1 atom stereocenters. The minimum atomic E-state index is -0.0752. The molecule has 100 valence electrons. The average Bonchev–Trinajstić information content (AvgIpc) is 2.28. The summed E-state index contributed by atoms with van der Waals surface area (Å²) in [6.07, 6.45) is 4.70. The molecule has 0 radical (unpaired) electrons. The maximum Gasteiger partial charge on any atom is 0.0399 e. The maximum atomic E-state index is 6.40. The Balaban J connectivity index is 2.17. The molecule has 1 aromatic rings. The van der Waals surface area contributed by atoms with Crippen molar-refractivity contribution in [3.05, 3.63) is 29.3 Å². The van der Waals surface area contributed by atoms with E-state index in [0.717, 1.165) is 25.9 Å². The van der Waals surface area contributed by atoms with E-state index in [0.29, 0.717) is 0 Å². The second-order valence-electron chi connectivity index (χ2n) is 6.06. The van der Waals surface area contributed by atoms with Gasteiger partial charge in [0.05, 0.1) is 0 Å². The van der Waals surface area contributed by atoms with Gasteiger partial charge in [-0.1, -0.05) is 31.0 Å². The summed E-state index contributed by atoms with van der Waals surface area (Å²) in [5, 5.41) is 0. The van der Waals surface area contributed by atoms with Gasteiger partial charge in [0.15, 0.2) is 0 Å². The molecular weight excluding hydrogens is 220 g/mol. The Morgan fingerprint density at radius 1 is 1.39 bits per heavy atom. The van der Waals surface area contributed by atoms with Crippen LogP contribution < -0.4 is 10.6 Å². The van der Waals surface area contributed by atoms with Crippen LogP contribution in [0.3, 0.4) is 0 Å². The third kappa shape index (κ3) is 3.05. The summed E-state index contributed by atoms with van der Waals surface area (Å²) in [5.41, 5.74) is 10.6. The predicted molar refractivity (Wildman–Crippen MR) is 79.2 cm³/mol. The van der Waals surface area contributed by atoms with Gasteiger partial charge >= 0.3 is 0 Å². The molecule has 1 aromatic carbocycles. The van der Waals surface area contributed by atoms with Crippen molar-refractivity contribution in [2.45, 2.75) is 52.0 Å². The molecule has 2 rings (SSSR count). The quantitative estimate of drug-likeness (QED) is 0.883. The van der Waals surface area contributed by atoms with Gasteiger partial charge in [-0.2, -0.15) is 0 Å².